The maximum Gasteiger partial charge on any atom is 0.312 e. The lowest BCUT2D eigenvalue weighted by atomic mass is 9.46. The second kappa shape index (κ2) is 4.87. The van der Waals surface area contributed by atoms with Crippen molar-refractivity contribution in [2.24, 2.45) is 11.3 Å². The van der Waals surface area contributed by atoms with Gasteiger partial charge in [0.1, 0.15) is 0 Å². The minimum absolute atomic E-state index is 0.325. The molecule has 0 spiro atoms. The number of halogens is 2. The second-order valence-electron chi connectivity index (χ2n) is 7.71. The number of ether oxygens (including phenoxy) is 3. The van der Waals surface area contributed by atoms with Gasteiger partial charge in [-0.3, -0.25) is 4.79 Å². The number of rotatable bonds is 5. The molecule has 4 aliphatic rings. The van der Waals surface area contributed by atoms with Gasteiger partial charge in [0.25, 0.3) is 5.92 Å². The largest absolute Gasteiger partial charge is 0.459 e. The first-order valence-corrected chi connectivity index (χ1v) is 7.81. The summed E-state index contributed by atoms with van der Waals surface area (Å²) in [5.41, 5.74) is -1.51. The van der Waals surface area contributed by atoms with Crippen LogP contribution in [-0.2, 0) is 19.0 Å². The van der Waals surface area contributed by atoms with Gasteiger partial charge in [0.2, 0.25) is 0 Å². The molecular weight excluding hydrogens is 294 g/mol. The van der Waals surface area contributed by atoms with Gasteiger partial charge in [0.15, 0.2) is 6.61 Å². The van der Waals surface area contributed by atoms with Gasteiger partial charge in [-0.05, 0) is 38.0 Å². The Balaban J connectivity index is 1.85. The molecule has 0 saturated heterocycles. The van der Waals surface area contributed by atoms with Crippen LogP contribution in [0.4, 0.5) is 8.78 Å². The average molecular weight is 318 g/mol. The Hall–Kier alpha value is -0.750. The number of hydrogen-bond acceptors (Lipinski definition) is 4. The average Bonchev–Trinajstić information content (AvgIpc) is 2.42. The van der Waals surface area contributed by atoms with E-state index < -0.39 is 23.9 Å². The van der Waals surface area contributed by atoms with Crippen molar-refractivity contribution in [3.63, 3.8) is 0 Å². The van der Waals surface area contributed by atoms with Crippen LogP contribution >= 0.6 is 0 Å². The summed E-state index contributed by atoms with van der Waals surface area (Å²) in [6.45, 7) is -0.106. The lowest BCUT2D eigenvalue weighted by molar-refractivity contribution is -0.253. The third kappa shape index (κ3) is 2.54. The number of methoxy groups -OCH3 is 2. The van der Waals surface area contributed by atoms with Gasteiger partial charge < -0.3 is 14.2 Å². The second-order valence-corrected chi connectivity index (χ2v) is 7.71. The predicted octanol–water partition coefficient (Wildman–Crippen LogP) is 2.94. The molecule has 6 heteroatoms. The van der Waals surface area contributed by atoms with Crippen LogP contribution in [0.25, 0.3) is 0 Å². The normalized spacial score (nSPS) is 43.4. The molecular formula is C16H24F2O4. The van der Waals surface area contributed by atoms with Crippen LogP contribution in [0.1, 0.15) is 45.4 Å². The highest BCUT2D eigenvalue weighted by atomic mass is 19.3. The molecule has 4 rings (SSSR count). The molecule has 4 saturated carbocycles. The van der Waals surface area contributed by atoms with E-state index in [0.29, 0.717) is 25.2 Å². The maximum atomic E-state index is 13.0. The molecule has 126 valence electrons. The molecule has 4 fully saturated rings. The Morgan fingerprint density at radius 2 is 1.64 bits per heavy atom. The first kappa shape index (κ1) is 16.1. The topological polar surface area (TPSA) is 44.8 Å². The van der Waals surface area contributed by atoms with E-state index in [0.717, 1.165) is 26.2 Å². The SMILES string of the molecule is COC12CC3CC(OC)(C1)CC(C(=O)OCC(C)(F)F)(C3)C2. The summed E-state index contributed by atoms with van der Waals surface area (Å²) in [5, 5.41) is 0. The van der Waals surface area contributed by atoms with Crippen LogP contribution in [0.2, 0.25) is 0 Å². The molecule has 4 bridgehead atoms. The zero-order valence-electron chi connectivity index (χ0n) is 13.4. The molecule has 0 N–H and O–H groups in total. The van der Waals surface area contributed by atoms with Crippen molar-refractivity contribution < 1.29 is 27.8 Å². The molecule has 2 unspecified atom stereocenters. The van der Waals surface area contributed by atoms with Crippen molar-refractivity contribution in [3.05, 3.63) is 0 Å². The molecule has 2 atom stereocenters. The Labute approximate surface area is 129 Å². The van der Waals surface area contributed by atoms with E-state index in [1.165, 1.54) is 0 Å². The van der Waals surface area contributed by atoms with Crippen LogP contribution in [0, 0.1) is 11.3 Å². The fourth-order valence-corrected chi connectivity index (χ4v) is 5.29. The van der Waals surface area contributed by atoms with E-state index in [9.17, 15) is 13.6 Å². The maximum absolute atomic E-state index is 13.0. The number of esters is 1. The smallest absolute Gasteiger partial charge is 0.312 e. The molecule has 0 aromatic carbocycles. The molecule has 0 aromatic rings. The Morgan fingerprint density at radius 1 is 1.09 bits per heavy atom. The van der Waals surface area contributed by atoms with E-state index in [-0.39, 0.29) is 11.2 Å². The molecule has 0 aromatic heterocycles. The van der Waals surface area contributed by atoms with Crippen molar-refractivity contribution in [3.8, 4) is 0 Å². The van der Waals surface area contributed by atoms with Crippen LogP contribution in [-0.4, -0.2) is 43.9 Å². The summed E-state index contributed by atoms with van der Waals surface area (Å²) in [6, 6.07) is 0. The van der Waals surface area contributed by atoms with Crippen molar-refractivity contribution in [1.82, 2.24) is 0 Å². The fourth-order valence-electron chi connectivity index (χ4n) is 5.29. The molecule has 4 nitrogen and oxygen atoms in total. The van der Waals surface area contributed by atoms with Crippen LogP contribution in [0.5, 0.6) is 0 Å². The van der Waals surface area contributed by atoms with Gasteiger partial charge in [0, 0.05) is 27.6 Å². The minimum atomic E-state index is -3.00. The van der Waals surface area contributed by atoms with Crippen molar-refractivity contribution in [2.45, 2.75) is 62.6 Å². The van der Waals surface area contributed by atoms with Gasteiger partial charge in [-0.15, -0.1) is 0 Å². The molecule has 0 amide bonds. The molecule has 0 radical (unpaired) electrons. The Kier molecular flexibility index (Phi) is 3.57. The van der Waals surface area contributed by atoms with Crippen molar-refractivity contribution in [2.75, 3.05) is 20.8 Å². The van der Waals surface area contributed by atoms with Gasteiger partial charge in [-0.2, -0.15) is 0 Å². The zero-order valence-corrected chi connectivity index (χ0v) is 13.4. The molecule has 0 aliphatic heterocycles. The van der Waals surface area contributed by atoms with E-state index in [1.807, 2.05) is 0 Å². The highest BCUT2D eigenvalue weighted by Crippen LogP contribution is 2.65. The van der Waals surface area contributed by atoms with Crippen molar-refractivity contribution >= 4 is 5.97 Å². The van der Waals surface area contributed by atoms with Gasteiger partial charge in [-0.1, -0.05) is 0 Å². The summed E-state index contributed by atoms with van der Waals surface area (Å²) in [4.78, 5) is 12.6. The van der Waals surface area contributed by atoms with Crippen LogP contribution in [0.3, 0.4) is 0 Å². The standard InChI is InChI=1S/C16H24F2O4/c1-13(17,18)10-22-12(19)14-4-11-5-15(7-14,20-2)9-16(6-11,8-14)21-3/h11H,4-10H2,1-3H3. The zero-order chi connectivity index (χ0) is 16.2. The van der Waals surface area contributed by atoms with E-state index in [1.54, 1.807) is 14.2 Å². The Morgan fingerprint density at radius 3 is 2.09 bits per heavy atom. The molecule has 4 aliphatic carbocycles. The number of alkyl halides is 2. The summed E-state index contributed by atoms with van der Waals surface area (Å²) in [5.74, 6) is -3.19. The van der Waals surface area contributed by atoms with Gasteiger partial charge in [-0.25, -0.2) is 8.78 Å². The number of carbonyl (C=O) groups is 1. The first-order chi connectivity index (χ1) is 10.2. The van der Waals surface area contributed by atoms with E-state index >= 15 is 0 Å². The Bertz CT molecular complexity index is 453. The summed E-state index contributed by atoms with van der Waals surface area (Å²) < 4.78 is 42.5. The summed E-state index contributed by atoms with van der Waals surface area (Å²) >= 11 is 0. The molecule has 22 heavy (non-hydrogen) atoms. The minimum Gasteiger partial charge on any atom is -0.459 e. The lowest BCUT2D eigenvalue weighted by Crippen LogP contribution is -2.66. The number of carbonyl (C=O) groups excluding carboxylic acids is 1. The fraction of sp³-hybridized carbons (Fsp3) is 0.938. The highest BCUT2D eigenvalue weighted by Gasteiger charge is 2.67. The molecule has 0 heterocycles. The lowest BCUT2D eigenvalue weighted by Gasteiger charge is -2.64. The first-order valence-electron chi connectivity index (χ1n) is 7.81. The van der Waals surface area contributed by atoms with Crippen LogP contribution in [0.15, 0.2) is 0 Å². The monoisotopic (exact) mass is 318 g/mol. The van der Waals surface area contributed by atoms with Gasteiger partial charge >= 0.3 is 5.97 Å². The highest BCUT2D eigenvalue weighted by molar-refractivity contribution is 5.78. The predicted molar refractivity (Wildman–Crippen MR) is 74.7 cm³/mol. The quantitative estimate of drug-likeness (QED) is 0.731. The summed E-state index contributed by atoms with van der Waals surface area (Å²) in [7, 11) is 3.32. The van der Waals surface area contributed by atoms with E-state index in [2.05, 4.69) is 0 Å². The van der Waals surface area contributed by atoms with E-state index in [4.69, 9.17) is 14.2 Å². The third-order valence-electron chi connectivity index (χ3n) is 5.72. The summed E-state index contributed by atoms with van der Waals surface area (Å²) in [6.07, 6.45) is 4.37. The number of hydrogen-bond donors (Lipinski definition) is 0. The van der Waals surface area contributed by atoms with Gasteiger partial charge in [0.05, 0.1) is 16.6 Å². The van der Waals surface area contributed by atoms with Crippen molar-refractivity contribution in [1.29, 1.82) is 0 Å². The van der Waals surface area contributed by atoms with Crippen LogP contribution < -0.4 is 0 Å². The third-order valence-corrected chi connectivity index (χ3v) is 5.72.